The molecule has 2 amide bonds. The molecule has 24 heavy (non-hydrogen) atoms. The quantitative estimate of drug-likeness (QED) is 0.759. The van der Waals surface area contributed by atoms with Gasteiger partial charge in [0.05, 0.1) is 12.7 Å². The Labute approximate surface area is 139 Å². The zero-order chi connectivity index (χ0) is 17.2. The smallest absolute Gasteiger partial charge is 0.251 e. The number of likely N-dealkylation sites (tertiary alicyclic amines) is 1. The minimum absolute atomic E-state index is 0.0514. The second-order valence-corrected chi connectivity index (χ2v) is 6.20. The average Bonchev–Trinajstić information content (AvgIpc) is 3.27. The lowest BCUT2D eigenvalue weighted by Gasteiger charge is -2.42. The highest BCUT2D eigenvalue weighted by Crippen LogP contribution is 2.30. The number of rotatable bonds is 4. The maximum absolute atomic E-state index is 12.9. The number of carbonyl (C=O) groups excluding carboxylic acids is 2. The Morgan fingerprint density at radius 2 is 2.08 bits per heavy atom. The van der Waals surface area contributed by atoms with E-state index >= 15 is 0 Å². The summed E-state index contributed by atoms with van der Waals surface area (Å²) in [5, 5.41) is 11.8. The van der Waals surface area contributed by atoms with Crippen LogP contribution in [0.25, 0.3) is 0 Å². The van der Waals surface area contributed by atoms with E-state index in [0.717, 1.165) is 6.42 Å². The molecule has 0 aromatic carbocycles. The summed E-state index contributed by atoms with van der Waals surface area (Å²) in [4.78, 5) is 28.8. The lowest BCUT2D eigenvalue weighted by atomic mass is 9.87. The molecule has 128 valence electrons. The third-order valence-corrected chi connectivity index (χ3v) is 4.34. The molecular formula is C15H21N7O2. The number of aromatic nitrogens is 5. The molecule has 0 N–H and O–H groups in total. The molecule has 1 saturated heterocycles. The van der Waals surface area contributed by atoms with Gasteiger partial charge in [-0.15, -0.1) is 5.10 Å². The Bertz CT molecular complexity index is 695. The summed E-state index contributed by atoms with van der Waals surface area (Å²) >= 11 is 0. The summed E-state index contributed by atoms with van der Waals surface area (Å²) in [7, 11) is 3.45. The van der Waals surface area contributed by atoms with Crippen molar-refractivity contribution in [1.82, 2.24) is 34.6 Å². The summed E-state index contributed by atoms with van der Waals surface area (Å²) in [6.45, 7) is 1.04. The molecule has 0 aliphatic carbocycles. The van der Waals surface area contributed by atoms with Crippen LogP contribution < -0.4 is 0 Å². The van der Waals surface area contributed by atoms with Gasteiger partial charge in [0, 0.05) is 39.2 Å². The zero-order valence-corrected chi connectivity index (χ0v) is 13.9. The number of hydrogen-bond acceptors (Lipinski definition) is 5. The summed E-state index contributed by atoms with van der Waals surface area (Å²) in [5.74, 6) is -0.132. The number of likely N-dealkylation sites (N-methyl/N-ethyl adjacent to an activating group) is 1. The molecule has 0 spiro atoms. The van der Waals surface area contributed by atoms with Crippen molar-refractivity contribution in [3.05, 3.63) is 30.9 Å². The molecule has 0 saturated carbocycles. The minimum atomic E-state index is -0.858. The van der Waals surface area contributed by atoms with Crippen molar-refractivity contribution >= 4 is 11.8 Å². The molecule has 1 aliphatic heterocycles. The van der Waals surface area contributed by atoms with Crippen LogP contribution in [0.2, 0.25) is 0 Å². The van der Waals surface area contributed by atoms with E-state index in [1.54, 1.807) is 53.2 Å². The molecule has 1 fully saturated rings. The molecule has 9 heteroatoms. The van der Waals surface area contributed by atoms with E-state index in [1.165, 1.54) is 10.9 Å². The van der Waals surface area contributed by atoms with Crippen molar-refractivity contribution in [3.8, 4) is 0 Å². The largest absolute Gasteiger partial charge is 0.347 e. The SMILES string of the molecule is CN(C)C(=O)C1(n2cccn2)CCCN(C(=O)Cn2ccnn2)C1. The Hall–Kier alpha value is -2.71. The Morgan fingerprint density at radius 1 is 1.25 bits per heavy atom. The van der Waals surface area contributed by atoms with Crippen LogP contribution in [0.5, 0.6) is 0 Å². The first kappa shape index (κ1) is 16.2. The summed E-state index contributed by atoms with van der Waals surface area (Å²) in [6, 6.07) is 1.79. The van der Waals surface area contributed by atoms with E-state index < -0.39 is 5.54 Å². The van der Waals surface area contributed by atoms with Crippen LogP contribution in [0.4, 0.5) is 0 Å². The van der Waals surface area contributed by atoms with Gasteiger partial charge in [0.2, 0.25) is 5.91 Å². The second kappa shape index (κ2) is 6.42. The van der Waals surface area contributed by atoms with Gasteiger partial charge >= 0.3 is 0 Å². The lowest BCUT2D eigenvalue weighted by molar-refractivity contribution is -0.146. The first-order valence-electron chi connectivity index (χ1n) is 7.87. The van der Waals surface area contributed by atoms with Crippen LogP contribution >= 0.6 is 0 Å². The Morgan fingerprint density at radius 3 is 2.71 bits per heavy atom. The highest BCUT2D eigenvalue weighted by Gasteiger charge is 2.46. The standard InChI is InChI=1S/C15H21N7O2/c1-19(2)14(24)15(22-9-4-6-17-22)5-3-8-20(12-15)13(23)11-21-10-7-16-18-21/h4,6-7,9-10H,3,5,8,11-12H2,1-2H3. The molecule has 9 nitrogen and oxygen atoms in total. The van der Waals surface area contributed by atoms with Crippen molar-refractivity contribution < 1.29 is 9.59 Å². The monoisotopic (exact) mass is 331 g/mol. The summed E-state index contributed by atoms with van der Waals surface area (Å²) < 4.78 is 3.17. The first-order valence-corrected chi connectivity index (χ1v) is 7.87. The third-order valence-electron chi connectivity index (χ3n) is 4.34. The summed E-state index contributed by atoms with van der Waals surface area (Å²) in [5.41, 5.74) is -0.858. The molecule has 0 bridgehead atoms. The van der Waals surface area contributed by atoms with Crippen LogP contribution in [-0.2, 0) is 21.7 Å². The van der Waals surface area contributed by atoms with Crippen LogP contribution in [-0.4, -0.2) is 73.6 Å². The molecule has 1 aliphatic rings. The predicted molar refractivity (Wildman–Crippen MR) is 84.7 cm³/mol. The zero-order valence-electron chi connectivity index (χ0n) is 13.9. The lowest BCUT2D eigenvalue weighted by Crippen LogP contribution is -2.59. The number of nitrogens with zero attached hydrogens (tertiary/aromatic N) is 7. The van der Waals surface area contributed by atoms with Gasteiger partial charge in [-0.05, 0) is 18.9 Å². The van der Waals surface area contributed by atoms with Gasteiger partial charge in [-0.1, -0.05) is 5.21 Å². The minimum Gasteiger partial charge on any atom is -0.347 e. The Balaban J connectivity index is 1.85. The van der Waals surface area contributed by atoms with Gasteiger partial charge in [-0.3, -0.25) is 14.3 Å². The molecule has 2 aromatic heterocycles. The fourth-order valence-corrected chi connectivity index (χ4v) is 3.20. The number of carbonyl (C=O) groups is 2. The number of hydrogen-bond donors (Lipinski definition) is 0. The highest BCUT2D eigenvalue weighted by atomic mass is 16.2. The van der Waals surface area contributed by atoms with Gasteiger partial charge in [-0.2, -0.15) is 5.10 Å². The predicted octanol–water partition coefficient (Wildman–Crippen LogP) is -0.419. The maximum atomic E-state index is 12.9. The van der Waals surface area contributed by atoms with Crippen molar-refractivity contribution in [2.24, 2.45) is 0 Å². The van der Waals surface area contributed by atoms with E-state index in [-0.39, 0.29) is 18.4 Å². The van der Waals surface area contributed by atoms with Gasteiger partial charge in [0.15, 0.2) is 5.54 Å². The third kappa shape index (κ3) is 2.89. The number of amides is 2. The van der Waals surface area contributed by atoms with Crippen LogP contribution in [0.15, 0.2) is 30.9 Å². The van der Waals surface area contributed by atoms with Gasteiger partial charge < -0.3 is 9.80 Å². The molecule has 3 heterocycles. The molecular weight excluding hydrogens is 310 g/mol. The van der Waals surface area contributed by atoms with Crippen molar-refractivity contribution in [2.75, 3.05) is 27.2 Å². The molecule has 2 aromatic rings. The van der Waals surface area contributed by atoms with E-state index in [2.05, 4.69) is 15.4 Å². The number of piperidine rings is 1. The van der Waals surface area contributed by atoms with Gasteiger partial charge in [0.25, 0.3) is 5.91 Å². The van der Waals surface area contributed by atoms with E-state index in [9.17, 15) is 9.59 Å². The second-order valence-electron chi connectivity index (χ2n) is 6.20. The van der Waals surface area contributed by atoms with Crippen LogP contribution in [0.3, 0.4) is 0 Å². The Kier molecular flexibility index (Phi) is 4.32. The van der Waals surface area contributed by atoms with Crippen molar-refractivity contribution in [1.29, 1.82) is 0 Å². The molecule has 1 atom stereocenters. The van der Waals surface area contributed by atoms with Crippen LogP contribution in [0, 0.1) is 0 Å². The highest BCUT2D eigenvalue weighted by molar-refractivity contribution is 5.86. The van der Waals surface area contributed by atoms with E-state index in [1.807, 2.05) is 0 Å². The first-order chi connectivity index (χ1) is 11.5. The normalized spacial score (nSPS) is 20.8. The van der Waals surface area contributed by atoms with Crippen molar-refractivity contribution in [3.63, 3.8) is 0 Å². The molecule has 0 radical (unpaired) electrons. The molecule has 1 unspecified atom stereocenters. The van der Waals surface area contributed by atoms with Crippen molar-refractivity contribution in [2.45, 2.75) is 24.9 Å². The van der Waals surface area contributed by atoms with E-state index in [0.29, 0.717) is 19.5 Å². The van der Waals surface area contributed by atoms with Gasteiger partial charge in [0.1, 0.15) is 6.54 Å². The molecule has 3 rings (SSSR count). The summed E-state index contributed by atoms with van der Waals surface area (Å²) in [6.07, 6.45) is 8.01. The van der Waals surface area contributed by atoms with Crippen LogP contribution in [0.1, 0.15) is 12.8 Å². The maximum Gasteiger partial charge on any atom is 0.251 e. The van der Waals surface area contributed by atoms with E-state index in [4.69, 9.17) is 0 Å². The fraction of sp³-hybridized carbons (Fsp3) is 0.533. The average molecular weight is 331 g/mol. The van der Waals surface area contributed by atoms with Gasteiger partial charge in [-0.25, -0.2) is 4.68 Å². The topological polar surface area (TPSA) is 89.2 Å². The fourth-order valence-electron chi connectivity index (χ4n) is 3.20.